The van der Waals surface area contributed by atoms with E-state index < -0.39 is 11.8 Å². The fourth-order valence-corrected chi connectivity index (χ4v) is 2.61. The minimum Gasteiger partial charge on any atom is -0.495 e. The van der Waals surface area contributed by atoms with Crippen molar-refractivity contribution in [1.82, 2.24) is 0 Å². The number of methoxy groups -OCH3 is 1. The van der Waals surface area contributed by atoms with Gasteiger partial charge in [0.05, 0.1) is 12.1 Å². The van der Waals surface area contributed by atoms with E-state index in [0.717, 1.165) is 5.56 Å². The number of rotatable bonds is 3. The highest BCUT2D eigenvalue weighted by atomic mass is 35.5. The van der Waals surface area contributed by atoms with Crippen molar-refractivity contribution in [2.24, 2.45) is 0 Å². The topological polar surface area (TPSA) is 67.4 Å². The SMILES string of the molecule is COc1ccc(NC(=O)C(=O)Nc2ccccc2C(C)(C)C)cc1Cl. The standard InChI is InChI=1S/C19H21ClN2O3/c1-19(2,3)13-7-5-6-8-15(13)22-18(24)17(23)21-12-9-10-16(25-4)14(20)11-12/h5-11H,1-4H3,(H,21,23)(H,22,24). The summed E-state index contributed by atoms with van der Waals surface area (Å²) in [5.41, 5.74) is 1.81. The zero-order valence-electron chi connectivity index (χ0n) is 14.6. The van der Waals surface area contributed by atoms with E-state index in [1.165, 1.54) is 13.2 Å². The lowest BCUT2D eigenvalue weighted by atomic mass is 9.86. The Balaban J connectivity index is 2.12. The van der Waals surface area contributed by atoms with Crippen molar-refractivity contribution < 1.29 is 14.3 Å². The lowest BCUT2D eigenvalue weighted by Crippen LogP contribution is -2.30. The second-order valence-corrected chi connectivity index (χ2v) is 6.96. The van der Waals surface area contributed by atoms with E-state index in [1.807, 2.05) is 39.0 Å². The van der Waals surface area contributed by atoms with Crippen LogP contribution in [0.1, 0.15) is 26.3 Å². The van der Waals surface area contributed by atoms with Gasteiger partial charge in [-0.3, -0.25) is 9.59 Å². The van der Waals surface area contributed by atoms with Crippen molar-refractivity contribution in [2.75, 3.05) is 17.7 Å². The molecule has 25 heavy (non-hydrogen) atoms. The predicted octanol–water partition coefficient (Wildman–Crippen LogP) is 4.22. The first-order valence-corrected chi connectivity index (χ1v) is 8.15. The number of ether oxygens (including phenoxy) is 1. The summed E-state index contributed by atoms with van der Waals surface area (Å²) < 4.78 is 5.05. The van der Waals surface area contributed by atoms with Crippen molar-refractivity contribution in [2.45, 2.75) is 26.2 Å². The van der Waals surface area contributed by atoms with Crippen LogP contribution in [0.25, 0.3) is 0 Å². The molecule has 6 heteroatoms. The molecule has 0 unspecified atom stereocenters. The lowest BCUT2D eigenvalue weighted by molar-refractivity contribution is -0.133. The highest BCUT2D eigenvalue weighted by Gasteiger charge is 2.21. The Hall–Kier alpha value is -2.53. The first-order chi connectivity index (χ1) is 11.7. The third-order valence-electron chi connectivity index (χ3n) is 3.60. The van der Waals surface area contributed by atoms with Crippen LogP contribution in [0.2, 0.25) is 5.02 Å². The van der Waals surface area contributed by atoms with Gasteiger partial charge in [0.25, 0.3) is 0 Å². The molecule has 2 rings (SSSR count). The van der Waals surface area contributed by atoms with Crippen LogP contribution in [0.5, 0.6) is 5.75 Å². The molecule has 2 aromatic rings. The maximum Gasteiger partial charge on any atom is 0.314 e. The average Bonchev–Trinajstić information content (AvgIpc) is 2.54. The average molecular weight is 361 g/mol. The zero-order valence-corrected chi connectivity index (χ0v) is 15.4. The molecule has 0 heterocycles. The molecular weight excluding hydrogens is 340 g/mol. The summed E-state index contributed by atoms with van der Waals surface area (Å²) in [5, 5.41) is 5.53. The Labute approximate surface area is 152 Å². The van der Waals surface area contributed by atoms with Gasteiger partial charge in [0, 0.05) is 11.4 Å². The minimum atomic E-state index is -0.773. The van der Waals surface area contributed by atoms with Crippen LogP contribution in [0, 0.1) is 0 Å². The van der Waals surface area contributed by atoms with E-state index in [0.29, 0.717) is 22.1 Å². The lowest BCUT2D eigenvalue weighted by Gasteiger charge is -2.22. The Kier molecular flexibility index (Phi) is 5.69. The van der Waals surface area contributed by atoms with Crippen LogP contribution >= 0.6 is 11.6 Å². The fourth-order valence-electron chi connectivity index (χ4n) is 2.36. The Morgan fingerprint density at radius 2 is 1.64 bits per heavy atom. The first-order valence-electron chi connectivity index (χ1n) is 7.77. The Bertz CT molecular complexity index is 797. The van der Waals surface area contributed by atoms with Crippen molar-refractivity contribution in [3.05, 3.63) is 53.1 Å². The second-order valence-electron chi connectivity index (χ2n) is 6.55. The maximum absolute atomic E-state index is 12.2. The summed E-state index contributed by atoms with van der Waals surface area (Å²) in [4.78, 5) is 24.4. The number of carbonyl (C=O) groups excluding carboxylic acids is 2. The highest BCUT2D eigenvalue weighted by molar-refractivity contribution is 6.44. The van der Waals surface area contributed by atoms with Crippen molar-refractivity contribution in [3.63, 3.8) is 0 Å². The van der Waals surface area contributed by atoms with Gasteiger partial charge in [0.2, 0.25) is 0 Å². The largest absolute Gasteiger partial charge is 0.495 e. The van der Waals surface area contributed by atoms with E-state index in [-0.39, 0.29) is 5.41 Å². The molecule has 5 nitrogen and oxygen atoms in total. The summed E-state index contributed by atoms with van der Waals surface area (Å²) in [6.45, 7) is 6.12. The molecule has 0 aliphatic carbocycles. The van der Waals surface area contributed by atoms with Crippen LogP contribution in [0.3, 0.4) is 0 Å². The molecular formula is C19H21ClN2O3. The summed E-state index contributed by atoms with van der Waals surface area (Å²) in [7, 11) is 1.50. The van der Waals surface area contributed by atoms with E-state index >= 15 is 0 Å². The quantitative estimate of drug-likeness (QED) is 0.805. The molecule has 0 aromatic heterocycles. The molecule has 0 fully saturated rings. The van der Waals surface area contributed by atoms with Crippen LogP contribution in [0.15, 0.2) is 42.5 Å². The molecule has 0 spiro atoms. The van der Waals surface area contributed by atoms with Crippen LogP contribution in [-0.2, 0) is 15.0 Å². The Morgan fingerprint density at radius 1 is 1.00 bits per heavy atom. The van der Waals surface area contributed by atoms with Gasteiger partial charge >= 0.3 is 11.8 Å². The molecule has 132 valence electrons. The number of carbonyl (C=O) groups is 2. The number of nitrogens with one attached hydrogen (secondary N) is 2. The molecule has 0 radical (unpaired) electrons. The minimum absolute atomic E-state index is 0.163. The van der Waals surface area contributed by atoms with Gasteiger partial charge in [-0.15, -0.1) is 0 Å². The molecule has 0 saturated carbocycles. The molecule has 0 bridgehead atoms. The third-order valence-corrected chi connectivity index (χ3v) is 3.89. The molecule has 2 aromatic carbocycles. The van der Waals surface area contributed by atoms with Gasteiger partial charge in [-0.1, -0.05) is 50.6 Å². The van der Waals surface area contributed by atoms with Gasteiger partial charge in [0.15, 0.2) is 0 Å². The van der Waals surface area contributed by atoms with Crippen molar-refractivity contribution >= 4 is 34.8 Å². The summed E-state index contributed by atoms with van der Waals surface area (Å²) >= 11 is 6.02. The van der Waals surface area contributed by atoms with Crippen molar-refractivity contribution in [1.29, 1.82) is 0 Å². The number of benzene rings is 2. The van der Waals surface area contributed by atoms with E-state index in [4.69, 9.17) is 16.3 Å². The number of halogens is 1. The normalized spacial score (nSPS) is 10.9. The van der Waals surface area contributed by atoms with Crippen LogP contribution < -0.4 is 15.4 Å². The second kappa shape index (κ2) is 7.57. The maximum atomic E-state index is 12.2. The van der Waals surface area contributed by atoms with E-state index in [2.05, 4.69) is 10.6 Å². The van der Waals surface area contributed by atoms with Gasteiger partial charge < -0.3 is 15.4 Å². The Morgan fingerprint density at radius 3 is 2.24 bits per heavy atom. The van der Waals surface area contributed by atoms with Crippen LogP contribution in [0.4, 0.5) is 11.4 Å². The molecule has 0 aliphatic rings. The van der Waals surface area contributed by atoms with Crippen LogP contribution in [-0.4, -0.2) is 18.9 Å². The third kappa shape index (κ3) is 4.73. The van der Waals surface area contributed by atoms with Gasteiger partial charge in [-0.05, 0) is 35.2 Å². The van der Waals surface area contributed by atoms with E-state index in [1.54, 1.807) is 18.2 Å². The zero-order chi connectivity index (χ0) is 18.6. The molecule has 0 atom stereocenters. The fraction of sp³-hybridized carbons (Fsp3) is 0.263. The number of anilines is 2. The number of para-hydroxylation sites is 1. The number of amides is 2. The van der Waals surface area contributed by atoms with Gasteiger partial charge in [-0.2, -0.15) is 0 Å². The molecule has 0 aliphatic heterocycles. The number of hydrogen-bond donors (Lipinski definition) is 2. The highest BCUT2D eigenvalue weighted by Crippen LogP contribution is 2.29. The molecule has 2 N–H and O–H groups in total. The van der Waals surface area contributed by atoms with Crippen molar-refractivity contribution in [3.8, 4) is 5.75 Å². The van der Waals surface area contributed by atoms with Gasteiger partial charge in [0.1, 0.15) is 5.75 Å². The summed E-state index contributed by atoms with van der Waals surface area (Å²) in [6.07, 6.45) is 0. The number of hydrogen-bond acceptors (Lipinski definition) is 3. The molecule has 0 saturated heterocycles. The summed E-state index contributed by atoms with van der Waals surface area (Å²) in [6, 6.07) is 12.2. The first kappa shape index (κ1) is 18.8. The van der Waals surface area contributed by atoms with E-state index in [9.17, 15) is 9.59 Å². The summed E-state index contributed by atoms with van der Waals surface area (Å²) in [5.74, 6) is -1.03. The van der Waals surface area contributed by atoms with Gasteiger partial charge in [-0.25, -0.2) is 0 Å². The predicted molar refractivity (Wildman–Crippen MR) is 100 cm³/mol. The smallest absolute Gasteiger partial charge is 0.314 e. The monoisotopic (exact) mass is 360 g/mol. The molecule has 2 amide bonds.